The lowest BCUT2D eigenvalue weighted by atomic mass is 9.83. The first-order valence-corrected chi connectivity index (χ1v) is 20.1. The summed E-state index contributed by atoms with van der Waals surface area (Å²) in [5.41, 5.74) is 12.7. The summed E-state index contributed by atoms with van der Waals surface area (Å²) in [6.45, 7) is 8.92. The van der Waals surface area contributed by atoms with E-state index in [1.807, 2.05) is 0 Å². The van der Waals surface area contributed by atoms with Crippen molar-refractivity contribution in [3.05, 3.63) is 193 Å². The quantitative estimate of drug-likeness (QED) is 0.123. The molecule has 0 heteroatoms. The van der Waals surface area contributed by atoms with Crippen LogP contribution >= 0.6 is 0 Å². The molecule has 0 saturated heterocycles. The highest BCUT2D eigenvalue weighted by molar-refractivity contribution is 6.22. The van der Waals surface area contributed by atoms with Crippen molar-refractivity contribution in [2.24, 2.45) is 0 Å². The maximum atomic E-state index is 2.41. The Balaban J connectivity index is 0.000000980. The van der Waals surface area contributed by atoms with Gasteiger partial charge in [-0.25, -0.2) is 0 Å². The molecule has 270 valence electrons. The van der Waals surface area contributed by atoms with Gasteiger partial charge in [0.25, 0.3) is 0 Å². The summed E-state index contributed by atoms with van der Waals surface area (Å²) in [5.74, 6) is 0. The van der Waals surface area contributed by atoms with Gasteiger partial charge in [-0.1, -0.05) is 203 Å². The number of unbranched alkanes of at least 4 members (excludes halogenated alkanes) is 1. The highest BCUT2D eigenvalue weighted by Crippen LogP contribution is 2.46. The van der Waals surface area contributed by atoms with E-state index in [4.69, 9.17) is 0 Å². The molecule has 0 spiro atoms. The number of fused-ring (bicyclic) bond motifs is 6. The minimum atomic E-state index is 1.23. The number of rotatable bonds is 5. The highest BCUT2D eigenvalue weighted by atomic mass is 14.2. The fourth-order valence-electron chi connectivity index (χ4n) is 8.71. The fourth-order valence-corrected chi connectivity index (χ4v) is 8.71. The Bertz CT molecular complexity index is 2990. The van der Waals surface area contributed by atoms with E-state index >= 15 is 0 Å². The molecule has 0 bridgehead atoms. The molecular weight excluding hydrogens is 673 g/mol. The number of hydrogen-bond donors (Lipinski definition) is 0. The van der Waals surface area contributed by atoms with Gasteiger partial charge in [0.2, 0.25) is 0 Å². The van der Waals surface area contributed by atoms with Gasteiger partial charge in [0, 0.05) is 0 Å². The van der Waals surface area contributed by atoms with Gasteiger partial charge in [-0.2, -0.15) is 0 Å². The summed E-state index contributed by atoms with van der Waals surface area (Å²) in [7, 11) is 0. The van der Waals surface area contributed by atoms with Crippen LogP contribution in [0.1, 0.15) is 37.8 Å². The van der Waals surface area contributed by atoms with Gasteiger partial charge in [-0.3, -0.25) is 0 Å². The van der Waals surface area contributed by atoms with Gasteiger partial charge in [0.1, 0.15) is 0 Å². The third-order valence-electron chi connectivity index (χ3n) is 11.7. The summed E-state index contributed by atoms with van der Waals surface area (Å²) in [6, 6.07) is 67.2. The van der Waals surface area contributed by atoms with Crippen LogP contribution in [0.15, 0.2) is 182 Å². The van der Waals surface area contributed by atoms with Crippen LogP contribution in [0.25, 0.3) is 98.4 Å². The third-order valence-corrected chi connectivity index (χ3v) is 11.7. The van der Waals surface area contributed by atoms with E-state index in [1.165, 1.54) is 122 Å². The van der Waals surface area contributed by atoms with E-state index in [-0.39, 0.29) is 0 Å². The molecule has 0 atom stereocenters. The lowest BCUT2D eigenvalue weighted by Gasteiger charge is -2.20. The van der Waals surface area contributed by atoms with Crippen LogP contribution in [-0.4, -0.2) is 0 Å². The second-order valence-corrected chi connectivity index (χ2v) is 15.1. The van der Waals surface area contributed by atoms with Crippen LogP contribution in [0.4, 0.5) is 0 Å². The maximum Gasteiger partial charge on any atom is -0.00263 e. The smallest absolute Gasteiger partial charge is 0.00263 e. The number of hydrogen-bond acceptors (Lipinski definition) is 0. The second kappa shape index (κ2) is 15.0. The van der Waals surface area contributed by atoms with Crippen LogP contribution in [-0.2, 0) is 0 Å². The van der Waals surface area contributed by atoms with Crippen molar-refractivity contribution in [2.75, 3.05) is 0 Å². The van der Waals surface area contributed by atoms with E-state index in [0.29, 0.717) is 0 Å². The first-order chi connectivity index (χ1) is 27.6. The molecule has 0 aliphatic carbocycles. The van der Waals surface area contributed by atoms with Gasteiger partial charge in [0.15, 0.2) is 0 Å². The van der Waals surface area contributed by atoms with E-state index in [1.54, 1.807) is 0 Å². The van der Waals surface area contributed by atoms with E-state index in [0.717, 1.165) is 0 Å². The molecule has 0 radical (unpaired) electrons. The lowest BCUT2D eigenvalue weighted by Crippen LogP contribution is -1.94. The second-order valence-electron chi connectivity index (χ2n) is 15.1. The van der Waals surface area contributed by atoms with Crippen LogP contribution < -0.4 is 0 Å². The Kier molecular flexibility index (Phi) is 9.41. The molecule has 0 unspecified atom stereocenters. The Morgan fingerprint density at radius 3 is 1.27 bits per heavy atom. The molecule has 0 fully saturated rings. The lowest BCUT2D eigenvalue weighted by molar-refractivity contribution is 0.886. The Morgan fingerprint density at radius 2 is 0.714 bits per heavy atom. The minimum Gasteiger partial charge on any atom is -0.0654 e. The summed E-state index contributed by atoms with van der Waals surface area (Å²) in [5, 5.41) is 12.9. The van der Waals surface area contributed by atoms with Gasteiger partial charge in [-0.05, 0) is 129 Å². The molecule has 56 heavy (non-hydrogen) atoms. The van der Waals surface area contributed by atoms with Crippen molar-refractivity contribution in [3.63, 3.8) is 0 Å². The zero-order chi connectivity index (χ0) is 38.2. The standard InChI is InChI=1S/C52H36.C4H10/c1-33-31-40(29-30-41(33)50-34(2)42-15-5-6-16-43(42)44-17-7-8-18-45(44)50)52-48-21-11-9-19-46(48)51(47-20-10-12-22-49(47)52)37-26-23-36(24-27-37)39-28-25-35-13-3-4-14-38(35)32-39;1-3-4-2/h3-32H,1-2H3;3-4H2,1-2H3. The number of benzene rings is 10. The SMILES string of the molecule is CCCC.Cc1cc(-c2c3ccccc3c(-c3ccc(-c4ccc5ccccc5c4)cc3)c3ccccc23)ccc1-c1c(C)c2ccccc2c2ccccc12. The molecule has 0 heterocycles. The summed E-state index contributed by atoms with van der Waals surface area (Å²) in [4.78, 5) is 0. The Labute approximate surface area is 330 Å². The molecule has 0 aromatic heterocycles. The predicted octanol–water partition coefficient (Wildman–Crippen LogP) is 16.5. The van der Waals surface area contributed by atoms with Gasteiger partial charge >= 0.3 is 0 Å². The molecule has 0 N–H and O–H groups in total. The first-order valence-electron chi connectivity index (χ1n) is 20.1. The minimum absolute atomic E-state index is 1.23. The van der Waals surface area contributed by atoms with Crippen LogP contribution in [0.5, 0.6) is 0 Å². The van der Waals surface area contributed by atoms with E-state index < -0.39 is 0 Å². The van der Waals surface area contributed by atoms with Crippen molar-refractivity contribution in [1.82, 2.24) is 0 Å². The van der Waals surface area contributed by atoms with Crippen LogP contribution in [0, 0.1) is 13.8 Å². The molecule has 10 aromatic rings. The van der Waals surface area contributed by atoms with E-state index in [9.17, 15) is 0 Å². The van der Waals surface area contributed by atoms with Crippen molar-refractivity contribution < 1.29 is 0 Å². The molecule has 0 nitrogen and oxygen atoms in total. The number of aryl methyl sites for hydroxylation is 2. The maximum absolute atomic E-state index is 2.41. The molecule has 0 amide bonds. The molecule has 10 rings (SSSR count). The summed E-state index contributed by atoms with van der Waals surface area (Å²) in [6.07, 6.45) is 2.64. The normalized spacial score (nSPS) is 11.4. The molecule has 0 aliphatic rings. The molecular formula is C56H46. The Morgan fingerprint density at radius 1 is 0.304 bits per heavy atom. The van der Waals surface area contributed by atoms with Crippen LogP contribution in [0.2, 0.25) is 0 Å². The van der Waals surface area contributed by atoms with E-state index in [2.05, 4.69) is 210 Å². The van der Waals surface area contributed by atoms with Gasteiger partial charge in [0.05, 0.1) is 0 Å². The zero-order valence-corrected chi connectivity index (χ0v) is 32.7. The molecule has 0 saturated carbocycles. The van der Waals surface area contributed by atoms with Crippen LogP contribution in [0.3, 0.4) is 0 Å². The third kappa shape index (κ3) is 6.12. The van der Waals surface area contributed by atoms with Crippen molar-refractivity contribution >= 4 is 53.9 Å². The molecule has 10 aromatic carbocycles. The van der Waals surface area contributed by atoms with Gasteiger partial charge in [-0.15, -0.1) is 0 Å². The average Bonchev–Trinajstić information content (AvgIpc) is 3.26. The monoisotopic (exact) mass is 718 g/mol. The Hall–Kier alpha value is -6.50. The summed E-state index contributed by atoms with van der Waals surface area (Å²) >= 11 is 0. The average molecular weight is 719 g/mol. The van der Waals surface area contributed by atoms with Crippen molar-refractivity contribution in [1.29, 1.82) is 0 Å². The van der Waals surface area contributed by atoms with Crippen molar-refractivity contribution in [2.45, 2.75) is 40.5 Å². The van der Waals surface area contributed by atoms with Gasteiger partial charge < -0.3 is 0 Å². The fraction of sp³-hybridized carbons (Fsp3) is 0.107. The zero-order valence-electron chi connectivity index (χ0n) is 32.7. The van der Waals surface area contributed by atoms with Crippen molar-refractivity contribution in [3.8, 4) is 44.5 Å². The summed E-state index contributed by atoms with van der Waals surface area (Å²) < 4.78 is 0. The highest BCUT2D eigenvalue weighted by Gasteiger charge is 2.19. The predicted molar refractivity (Wildman–Crippen MR) is 246 cm³/mol. The first kappa shape index (κ1) is 35.2. The topological polar surface area (TPSA) is 0 Å². The molecule has 0 aliphatic heterocycles. The largest absolute Gasteiger partial charge is 0.0654 e.